The zero-order chi connectivity index (χ0) is 21.6. The summed E-state index contributed by atoms with van der Waals surface area (Å²) in [5.41, 5.74) is 2.96. The summed E-state index contributed by atoms with van der Waals surface area (Å²) < 4.78 is 34.2. The minimum absolute atomic E-state index is 0.00334. The second-order valence-electron chi connectivity index (χ2n) is 8.36. The highest BCUT2D eigenvalue weighted by atomic mass is 32.2. The molecule has 2 aliphatic rings. The molecule has 0 saturated carbocycles. The van der Waals surface area contributed by atoms with Crippen LogP contribution in [0.4, 0.5) is 0 Å². The molecule has 1 saturated heterocycles. The van der Waals surface area contributed by atoms with Crippen LogP contribution in [0.2, 0.25) is 0 Å². The van der Waals surface area contributed by atoms with Gasteiger partial charge in [-0.3, -0.25) is 4.79 Å². The molecule has 5 rings (SSSR count). The molecule has 31 heavy (non-hydrogen) atoms. The number of fused-ring (bicyclic) bond motifs is 1. The third kappa shape index (κ3) is 3.56. The lowest BCUT2D eigenvalue weighted by Gasteiger charge is -2.34. The van der Waals surface area contributed by atoms with Gasteiger partial charge >= 0.3 is 0 Å². The number of aryl methyl sites for hydroxylation is 1. The van der Waals surface area contributed by atoms with Crippen LogP contribution in [0.5, 0.6) is 5.75 Å². The number of Topliss-reactive ketones (excluding diaryl/α,β-unsaturated/α-hetero) is 1. The Labute approximate surface area is 182 Å². The minimum Gasteiger partial charge on any atom is -0.485 e. The average molecular weight is 434 g/mol. The second-order valence-corrected chi connectivity index (χ2v) is 10.3. The van der Waals surface area contributed by atoms with Crippen molar-refractivity contribution in [1.29, 1.82) is 0 Å². The number of carbonyl (C=O) groups is 1. The van der Waals surface area contributed by atoms with E-state index in [2.05, 4.69) is 6.07 Å². The summed E-state index contributed by atoms with van der Waals surface area (Å²) in [5, 5.41) is 0. The molecule has 1 fully saturated rings. The summed E-state index contributed by atoms with van der Waals surface area (Å²) in [6, 6.07) is 22.2. The maximum atomic E-state index is 13.3. The lowest BCUT2D eigenvalue weighted by molar-refractivity contribution is 0.0498. The smallest absolute Gasteiger partial charge is 0.243 e. The van der Waals surface area contributed by atoms with E-state index in [0.29, 0.717) is 24.3 Å². The molecule has 0 aliphatic carbocycles. The van der Waals surface area contributed by atoms with Crippen LogP contribution in [0, 0.1) is 6.92 Å². The number of carbonyl (C=O) groups excluding carboxylic acids is 1. The molecule has 0 radical (unpaired) electrons. The summed E-state index contributed by atoms with van der Waals surface area (Å²) in [6.45, 7) is 2.54. The van der Waals surface area contributed by atoms with Crippen molar-refractivity contribution >= 4 is 15.8 Å². The first-order chi connectivity index (χ1) is 14.9. The third-order valence-electron chi connectivity index (χ3n) is 6.12. The largest absolute Gasteiger partial charge is 0.485 e. The molecule has 6 heteroatoms. The molecular formula is C25H23NO4S. The number of benzene rings is 3. The van der Waals surface area contributed by atoms with Crippen molar-refractivity contribution in [1.82, 2.24) is 4.31 Å². The van der Waals surface area contributed by atoms with Gasteiger partial charge in [0.2, 0.25) is 10.0 Å². The summed E-state index contributed by atoms with van der Waals surface area (Å²) in [5.74, 6) is 0.545. The number of sulfonamides is 1. The van der Waals surface area contributed by atoms with Crippen molar-refractivity contribution in [3.05, 3.63) is 83.9 Å². The molecular weight excluding hydrogens is 410 g/mol. The maximum Gasteiger partial charge on any atom is 0.243 e. The average Bonchev–Trinajstić information content (AvgIpc) is 3.17. The van der Waals surface area contributed by atoms with Gasteiger partial charge in [0.25, 0.3) is 0 Å². The zero-order valence-corrected chi connectivity index (χ0v) is 18.1. The summed E-state index contributed by atoms with van der Waals surface area (Å²) in [4.78, 5) is 12.9. The van der Waals surface area contributed by atoms with Crippen LogP contribution in [0.15, 0.2) is 77.7 Å². The van der Waals surface area contributed by atoms with Gasteiger partial charge in [0, 0.05) is 13.0 Å². The van der Waals surface area contributed by atoms with E-state index in [0.717, 1.165) is 16.7 Å². The maximum absolute atomic E-state index is 13.3. The van der Waals surface area contributed by atoms with Crippen LogP contribution < -0.4 is 4.74 Å². The zero-order valence-electron chi connectivity index (χ0n) is 17.2. The van der Waals surface area contributed by atoms with Crippen molar-refractivity contribution < 1.29 is 17.9 Å². The van der Waals surface area contributed by atoms with Crippen molar-refractivity contribution in [2.75, 3.05) is 13.1 Å². The van der Waals surface area contributed by atoms with E-state index in [9.17, 15) is 13.2 Å². The Balaban J connectivity index is 1.38. The molecule has 0 aromatic heterocycles. The number of nitrogens with zero attached hydrogens (tertiary/aromatic N) is 1. The molecule has 3 aromatic rings. The highest BCUT2D eigenvalue weighted by molar-refractivity contribution is 7.89. The van der Waals surface area contributed by atoms with Crippen molar-refractivity contribution in [2.24, 2.45) is 0 Å². The van der Waals surface area contributed by atoms with E-state index in [1.807, 2.05) is 49.4 Å². The Hall–Kier alpha value is -2.96. The SMILES string of the molecule is Cc1cccc(-c2ccc(S(=O)(=O)N3CCC4(CC(=O)c5ccccc5O4)C3)cc2)c1. The van der Waals surface area contributed by atoms with Gasteiger partial charge in [-0.1, -0.05) is 54.1 Å². The summed E-state index contributed by atoms with van der Waals surface area (Å²) in [7, 11) is -3.67. The number of hydrogen-bond acceptors (Lipinski definition) is 4. The van der Waals surface area contributed by atoms with Crippen LogP contribution in [-0.4, -0.2) is 37.2 Å². The Morgan fingerprint density at radius 2 is 1.71 bits per heavy atom. The molecule has 1 atom stereocenters. The first-order valence-corrected chi connectivity index (χ1v) is 11.8. The number of ether oxygens (including phenoxy) is 1. The van der Waals surface area contributed by atoms with Crippen LogP contribution >= 0.6 is 0 Å². The first kappa shape index (κ1) is 20.0. The third-order valence-corrected chi connectivity index (χ3v) is 7.98. The molecule has 0 N–H and O–H groups in total. The summed E-state index contributed by atoms with van der Waals surface area (Å²) in [6.07, 6.45) is 0.690. The Bertz CT molecular complexity index is 1270. The number of rotatable bonds is 3. The van der Waals surface area contributed by atoms with Gasteiger partial charge in [-0.25, -0.2) is 8.42 Å². The van der Waals surface area contributed by atoms with Crippen LogP contribution in [0.1, 0.15) is 28.8 Å². The molecule has 2 aliphatic heterocycles. The van der Waals surface area contributed by atoms with Gasteiger partial charge < -0.3 is 4.74 Å². The Morgan fingerprint density at radius 3 is 2.48 bits per heavy atom. The number of para-hydroxylation sites is 1. The van der Waals surface area contributed by atoms with E-state index in [-0.39, 0.29) is 23.6 Å². The molecule has 1 spiro atoms. The number of hydrogen-bond donors (Lipinski definition) is 0. The van der Waals surface area contributed by atoms with E-state index in [1.165, 1.54) is 4.31 Å². The molecule has 158 valence electrons. The fraction of sp³-hybridized carbons (Fsp3) is 0.240. The fourth-order valence-electron chi connectivity index (χ4n) is 4.48. The van der Waals surface area contributed by atoms with E-state index in [4.69, 9.17) is 4.74 Å². The van der Waals surface area contributed by atoms with Gasteiger partial charge in [-0.05, 0) is 42.3 Å². The second kappa shape index (κ2) is 7.32. The van der Waals surface area contributed by atoms with E-state index < -0.39 is 15.6 Å². The molecule has 5 nitrogen and oxygen atoms in total. The van der Waals surface area contributed by atoms with Crippen LogP contribution in [0.3, 0.4) is 0 Å². The predicted molar refractivity (Wildman–Crippen MR) is 119 cm³/mol. The quantitative estimate of drug-likeness (QED) is 0.612. The lowest BCUT2D eigenvalue weighted by Crippen LogP contribution is -2.45. The molecule has 1 unspecified atom stereocenters. The normalized spacial score (nSPS) is 21.1. The van der Waals surface area contributed by atoms with Crippen LogP contribution in [0.25, 0.3) is 11.1 Å². The Kier molecular flexibility index (Phi) is 4.72. The van der Waals surface area contributed by atoms with E-state index in [1.54, 1.807) is 24.3 Å². The topological polar surface area (TPSA) is 63.7 Å². The first-order valence-electron chi connectivity index (χ1n) is 10.3. The van der Waals surface area contributed by atoms with Crippen molar-refractivity contribution in [3.8, 4) is 16.9 Å². The van der Waals surface area contributed by atoms with Gasteiger partial charge in [0.05, 0.1) is 23.4 Å². The molecule has 0 bridgehead atoms. The van der Waals surface area contributed by atoms with E-state index >= 15 is 0 Å². The van der Waals surface area contributed by atoms with Crippen LogP contribution in [-0.2, 0) is 10.0 Å². The van der Waals surface area contributed by atoms with Crippen molar-refractivity contribution in [2.45, 2.75) is 30.3 Å². The summed E-state index contributed by atoms with van der Waals surface area (Å²) >= 11 is 0. The molecule has 3 aromatic carbocycles. The monoisotopic (exact) mass is 433 g/mol. The molecule has 0 amide bonds. The highest BCUT2D eigenvalue weighted by Crippen LogP contribution is 2.40. The molecule has 2 heterocycles. The standard InChI is InChI=1S/C25H23NO4S/c1-18-5-4-6-20(15-18)19-9-11-21(12-10-19)31(28,29)26-14-13-25(17-26)16-23(27)22-7-2-3-8-24(22)30-25/h2-12,15H,13-14,16-17H2,1H3. The highest BCUT2D eigenvalue weighted by Gasteiger charge is 2.48. The van der Waals surface area contributed by atoms with Crippen molar-refractivity contribution in [3.63, 3.8) is 0 Å². The van der Waals surface area contributed by atoms with Gasteiger partial charge in [0.15, 0.2) is 5.78 Å². The lowest BCUT2D eigenvalue weighted by atomic mass is 9.89. The fourth-order valence-corrected chi connectivity index (χ4v) is 5.99. The number of ketones is 1. The van der Waals surface area contributed by atoms with Gasteiger partial charge in [-0.15, -0.1) is 0 Å². The minimum atomic E-state index is -3.67. The van der Waals surface area contributed by atoms with Gasteiger partial charge in [0.1, 0.15) is 11.4 Å². The Morgan fingerprint density at radius 1 is 0.935 bits per heavy atom. The predicted octanol–water partition coefficient (Wildman–Crippen LogP) is 4.46. The van der Waals surface area contributed by atoms with Gasteiger partial charge in [-0.2, -0.15) is 4.31 Å².